The highest BCUT2D eigenvalue weighted by atomic mass is 35.5. The fourth-order valence-electron chi connectivity index (χ4n) is 4.36. The van der Waals surface area contributed by atoms with Crippen molar-refractivity contribution >= 4 is 46.7 Å². The van der Waals surface area contributed by atoms with Crippen LogP contribution in [0.5, 0.6) is 0 Å². The lowest BCUT2D eigenvalue weighted by Gasteiger charge is -2.32. The molecule has 6 nitrogen and oxygen atoms in total. The second kappa shape index (κ2) is 11.0. The maximum Gasteiger partial charge on any atom is 0.256 e. The van der Waals surface area contributed by atoms with E-state index in [9.17, 15) is 14.0 Å². The van der Waals surface area contributed by atoms with Crippen molar-refractivity contribution in [1.82, 2.24) is 14.8 Å². The number of nitrogens with two attached hydrogens (primary N) is 1. The normalized spacial score (nSPS) is 14.2. The Kier molecular flexibility index (Phi) is 8.35. The van der Waals surface area contributed by atoms with Crippen LogP contribution in [0.15, 0.2) is 48.7 Å². The van der Waals surface area contributed by atoms with Crippen LogP contribution in [0.1, 0.15) is 34.7 Å². The Balaban J connectivity index is 0.00000306. The lowest BCUT2D eigenvalue weighted by molar-refractivity contribution is -0.121. The summed E-state index contributed by atoms with van der Waals surface area (Å²) in [5.41, 5.74) is 7.43. The standard InChI is InChI=1S/C24H26ClFN4O2.ClH/c25-17-5-6-19-20(14-30(22(19)13-17)15-23(31)28-10-9-27)24(32)29-11-7-16(8-12-29)18-3-1-2-4-21(18)26;/h1-6,13-14,16H,7-12,15,27H2,(H,28,31);1H. The van der Waals surface area contributed by atoms with Gasteiger partial charge in [-0.2, -0.15) is 0 Å². The van der Waals surface area contributed by atoms with Crippen LogP contribution in [0.25, 0.3) is 10.9 Å². The van der Waals surface area contributed by atoms with E-state index in [-0.39, 0.29) is 42.5 Å². The molecule has 0 saturated carbocycles. The monoisotopic (exact) mass is 492 g/mol. The van der Waals surface area contributed by atoms with Gasteiger partial charge in [-0.3, -0.25) is 9.59 Å². The molecule has 0 aliphatic carbocycles. The van der Waals surface area contributed by atoms with Gasteiger partial charge >= 0.3 is 0 Å². The Hall–Kier alpha value is -2.61. The summed E-state index contributed by atoms with van der Waals surface area (Å²) in [6.07, 6.45) is 3.13. The van der Waals surface area contributed by atoms with Crippen LogP contribution in [-0.4, -0.2) is 47.5 Å². The molecule has 3 aromatic rings. The summed E-state index contributed by atoms with van der Waals surface area (Å²) in [6, 6.07) is 12.2. The van der Waals surface area contributed by atoms with Crippen LogP contribution in [-0.2, 0) is 11.3 Å². The molecule has 0 atom stereocenters. The molecule has 2 aromatic carbocycles. The number of carbonyl (C=O) groups excluding carboxylic acids is 2. The summed E-state index contributed by atoms with van der Waals surface area (Å²) < 4.78 is 15.9. The first-order valence-corrected chi connectivity index (χ1v) is 11.1. The third kappa shape index (κ3) is 5.49. The zero-order chi connectivity index (χ0) is 22.7. The molecule has 4 rings (SSSR count). The number of fused-ring (bicyclic) bond motifs is 1. The number of piperidine rings is 1. The fourth-order valence-corrected chi connectivity index (χ4v) is 4.52. The molecule has 0 radical (unpaired) electrons. The highest BCUT2D eigenvalue weighted by Gasteiger charge is 2.28. The van der Waals surface area contributed by atoms with Crippen LogP contribution in [0.3, 0.4) is 0 Å². The summed E-state index contributed by atoms with van der Waals surface area (Å²) in [6.45, 7) is 1.92. The number of hydrogen-bond acceptors (Lipinski definition) is 3. The van der Waals surface area contributed by atoms with E-state index in [1.807, 2.05) is 18.2 Å². The smallest absolute Gasteiger partial charge is 0.256 e. The zero-order valence-corrected chi connectivity index (χ0v) is 19.7. The average Bonchev–Trinajstić information content (AvgIpc) is 3.15. The quantitative estimate of drug-likeness (QED) is 0.546. The number of benzene rings is 2. The van der Waals surface area contributed by atoms with Crippen molar-refractivity contribution in [3.8, 4) is 0 Å². The molecule has 176 valence electrons. The molecule has 0 spiro atoms. The first-order chi connectivity index (χ1) is 15.5. The molecule has 0 bridgehead atoms. The maximum atomic E-state index is 14.2. The van der Waals surface area contributed by atoms with Crippen LogP contribution < -0.4 is 11.1 Å². The van der Waals surface area contributed by atoms with Gasteiger partial charge in [0.25, 0.3) is 5.91 Å². The van der Waals surface area contributed by atoms with Gasteiger partial charge in [0.15, 0.2) is 0 Å². The van der Waals surface area contributed by atoms with Gasteiger partial charge in [-0.1, -0.05) is 35.9 Å². The number of nitrogens with one attached hydrogen (secondary N) is 1. The molecule has 1 fully saturated rings. The number of likely N-dealkylation sites (tertiary alicyclic amines) is 1. The molecule has 1 saturated heterocycles. The largest absolute Gasteiger partial charge is 0.353 e. The van der Waals surface area contributed by atoms with E-state index in [4.69, 9.17) is 17.3 Å². The van der Waals surface area contributed by atoms with Crippen LogP contribution in [0.4, 0.5) is 4.39 Å². The van der Waals surface area contributed by atoms with Crippen LogP contribution in [0, 0.1) is 5.82 Å². The molecule has 2 heterocycles. The molecule has 1 aromatic heterocycles. The molecule has 0 unspecified atom stereocenters. The molecule has 2 amide bonds. The fraction of sp³-hybridized carbons (Fsp3) is 0.333. The lowest BCUT2D eigenvalue weighted by Crippen LogP contribution is -2.38. The van der Waals surface area contributed by atoms with Gasteiger partial charge in [0, 0.05) is 42.8 Å². The van der Waals surface area contributed by atoms with Gasteiger partial charge in [-0.25, -0.2) is 4.39 Å². The predicted octanol–water partition coefficient (Wildman–Crippen LogP) is 3.95. The summed E-state index contributed by atoms with van der Waals surface area (Å²) in [5, 5.41) is 4.03. The van der Waals surface area contributed by atoms with Crippen LogP contribution >= 0.6 is 24.0 Å². The second-order valence-electron chi connectivity index (χ2n) is 8.06. The van der Waals surface area contributed by atoms with Gasteiger partial charge in [-0.15, -0.1) is 12.4 Å². The highest BCUT2D eigenvalue weighted by Crippen LogP contribution is 2.32. The lowest BCUT2D eigenvalue weighted by atomic mass is 9.89. The van der Waals surface area contributed by atoms with Crippen molar-refractivity contribution in [3.05, 3.63) is 70.6 Å². The molecule has 9 heteroatoms. The first kappa shape index (κ1) is 25.0. The van der Waals surface area contributed by atoms with Crippen LogP contribution in [0.2, 0.25) is 5.02 Å². The highest BCUT2D eigenvalue weighted by molar-refractivity contribution is 6.31. The molecule has 33 heavy (non-hydrogen) atoms. The van der Waals surface area contributed by atoms with Gasteiger partial charge in [0.05, 0.1) is 11.1 Å². The summed E-state index contributed by atoms with van der Waals surface area (Å²) in [4.78, 5) is 27.4. The van der Waals surface area contributed by atoms with E-state index in [1.165, 1.54) is 6.07 Å². The SMILES string of the molecule is Cl.NCCNC(=O)Cn1cc(C(=O)N2CCC(c3ccccc3F)CC2)c2ccc(Cl)cc21. The van der Waals surface area contributed by atoms with Crippen molar-refractivity contribution in [2.24, 2.45) is 5.73 Å². The number of amides is 2. The number of hydrogen-bond donors (Lipinski definition) is 2. The maximum absolute atomic E-state index is 14.2. The van der Waals surface area contributed by atoms with Gasteiger partial charge < -0.3 is 20.5 Å². The summed E-state index contributed by atoms with van der Waals surface area (Å²) in [7, 11) is 0. The van der Waals surface area contributed by atoms with Crippen molar-refractivity contribution in [2.45, 2.75) is 25.3 Å². The van der Waals surface area contributed by atoms with Crippen molar-refractivity contribution in [3.63, 3.8) is 0 Å². The van der Waals surface area contributed by atoms with E-state index in [1.54, 1.807) is 33.9 Å². The summed E-state index contributed by atoms with van der Waals surface area (Å²) in [5.74, 6) is -0.362. The third-order valence-corrected chi connectivity index (χ3v) is 6.22. The third-order valence-electron chi connectivity index (χ3n) is 5.98. The van der Waals surface area contributed by atoms with Gasteiger partial charge in [0.2, 0.25) is 5.91 Å². The molecular formula is C24H27Cl2FN4O2. The topological polar surface area (TPSA) is 80.4 Å². The van der Waals surface area contributed by atoms with Gasteiger partial charge in [-0.05, 0) is 42.5 Å². The number of aromatic nitrogens is 1. The average molecular weight is 493 g/mol. The number of nitrogens with zero attached hydrogens (tertiary/aromatic N) is 2. The van der Waals surface area contributed by atoms with Crippen molar-refractivity contribution in [1.29, 1.82) is 0 Å². The Morgan fingerprint density at radius 3 is 2.58 bits per heavy atom. The van der Waals surface area contributed by atoms with E-state index in [0.717, 1.165) is 10.9 Å². The zero-order valence-electron chi connectivity index (χ0n) is 18.1. The van der Waals surface area contributed by atoms with Crippen molar-refractivity contribution in [2.75, 3.05) is 26.2 Å². The molecule has 1 aliphatic heterocycles. The minimum atomic E-state index is -0.190. The molecule has 1 aliphatic rings. The van der Waals surface area contributed by atoms with Crippen molar-refractivity contribution < 1.29 is 14.0 Å². The van der Waals surface area contributed by atoms with E-state index in [0.29, 0.717) is 55.2 Å². The Morgan fingerprint density at radius 2 is 1.88 bits per heavy atom. The second-order valence-corrected chi connectivity index (χ2v) is 8.50. The van der Waals surface area contributed by atoms with E-state index < -0.39 is 0 Å². The Labute approximate surface area is 203 Å². The Morgan fingerprint density at radius 1 is 1.15 bits per heavy atom. The molecular weight excluding hydrogens is 466 g/mol. The first-order valence-electron chi connectivity index (χ1n) is 10.8. The number of carbonyl (C=O) groups is 2. The summed E-state index contributed by atoms with van der Waals surface area (Å²) >= 11 is 6.18. The minimum absolute atomic E-state index is 0. The number of rotatable bonds is 6. The van der Waals surface area contributed by atoms with E-state index >= 15 is 0 Å². The predicted molar refractivity (Wildman–Crippen MR) is 131 cm³/mol. The minimum Gasteiger partial charge on any atom is -0.353 e. The van der Waals surface area contributed by atoms with E-state index in [2.05, 4.69) is 5.32 Å². The Bertz CT molecular complexity index is 1140. The number of halogens is 3. The molecule has 3 N–H and O–H groups in total. The van der Waals surface area contributed by atoms with Gasteiger partial charge in [0.1, 0.15) is 12.4 Å².